The predicted octanol–water partition coefficient (Wildman–Crippen LogP) is 1.33. The summed E-state index contributed by atoms with van der Waals surface area (Å²) >= 11 is 0. The molecule has 5 unspecified atom stereocenters. The van der Waals surface area contributed by atoms with Crippen LogP contribution in [-0.4, -0.2) is 64.3 Å². The van der Waals surface area contributed by atoms with E-state index >= 15 is 0 Å². The minimum atomic E-state index is -0.912. The number of hydrogen-bond donors (Lipinski definition) is 3. The van der Waals surface area contributed by atoms with E-state index in [0.29, 0.717) is 30.8 Å². The van der Waals surface area contributed by atoms with Crippen molar-refractivity contribution in [1.29, 1.82) is 0 Å². The van der Waals surface area contributed by atoms with Crippen LogP contribution in [0, 0.1) is 5.92 Å². The molecule has 6 heteroatoms. The number of aliphatic hydroxyl groups is 2. The molecule has 1 aromatic carbocycles. The van der Waals surface area contributed by atoms with Gasteiger partial charge in [-0.3, -0.25) is 4.90 Å². The average Bonchev–Trinajstić information content (AvgIpc) is 3.38. The minimum Gasteiger partial charge on any atom is -0.504 e. The summed E-state index contributed by atoms with van der Waals surface area (Å²) in [6.45, 7) is 1.96. The third-order valence-electron chi connectivity index (χ3n) is 8.01. The van der Waals surface area contributed by atoms with Crippen molar-refractivity contribution in [3.63, 3.8) is 0 Å². The summed E-state index contributed by atoms with van der Waals surface area (Å²) < 4.78 is 11.7. The molecule has 2 bridgehead atoms. The number of methoxy groups -OCH3 is 1. The SMILES string of the molecule is COc1c(O)cc2c3c1OC1C(O)CCC4(O)C(C2)N(CC2CC2)CCC314. The summed E-state index contributed by atoms with van der Waals surface area (Å²) in [5.74, 6) is 1.69. The maximum absolute atomic E-state index is 12.1. The van der Waals surface area contributed by atoms with Gasteiger partial charge in [-0.15, -0.1) is 0 Å². The Hall–Kier alpha value is -1.50. The Morgan fingerprint density at radius 3 is 2.85 bits per heavy atom. The molecule has 1 aromatic rings. The van der Waals surface area contributed by atoms with Gasteiger partial charge in [0, 0.05) is 18.2 Å². The largest absolute Gasteiger partial charge is 0.504 e. The lowest BCUT2D eigenvalue weighted by atomic mass is 9.48. The van der Waals surface area contributed by atoms with Crippen molar-refractivity contribution in [2.75, 3.05) is 20.2 Å². The molecule has 0 radical (unpaired) electrons. The lowest BCUT2D eigenvalue weighted by Gasteiger charge is -2.63. The molecule has 5 atom stereocenters. The smallest absolute Gasteiger partial charge is 0.203 e. The van der Waals surface area contributed by atoms with Crippen LogP contribution in [0.3, 0.4) is 0 Å². The maximum atomic E-state index is 12.1. The molecular formula is C21H27NO5. The van der Waals surface area contributed by atoms with E-state index in [9.17, 15) is 15.3 Å². The van der Waals surface area contributed by atoms with Gasteiger partial charge in [-0.2, -0.15) is 0 Å². The van der Waals surface area contributed by atoms with Gasteiger partial charge in [-0.25, -0.2) is 0 Å². The van der Waals surface area contributed by atoms with E-state index in [2.05, 4.69) is 4.90 Å². The van der Waals surface area contributed by atoms with Crippen molar-refractivity contribution < 1.29 is 24.8 Å². The molecule has 3 fully saturated rings. The van der Waals surface area contributed by atoms with Crippen LogP contribution in [0.1, 0.15) is 43.2 Å². The minimum absolute atomic E-state index is 0.0108. The van der Waals surface area contributed by atoms with Crippen molar-refractivity contribution in [3.05, 3.63) is 17.2 Å². The lowest BCUT2D eigenvalue weighted by molar-refractivity contribution is -0.208. The third kappa shape index (κ3) is 1.82. The summed E-state index contributed by atoms with van der Waals surface area (Å²) in [6.07, 6.45) is 4.07. The second-order valence-corrected chi connectivity index (χ2v) is 9.24. The highest BCUT2D eigenvalue weighted by Gasteiger charge is 2.73. The lowest BCUT2D eigenvalue weighted by Crippen LogP contribution is -2.77. The van der Waals surface area contributed by atoms with Crippen LogP contribution in [0.5, 0.6) is 17.2 Å². The molecule has 1 saturated heterocycles. The number of hydrogen-bond acceptors (Lipinski definition) is 6. The van der Waals surface area contributed by atoms with Gasteiger partial charge in [-0.05, 0) is 62.6 Å². The van der Waals surface area contributed by atoms with Crippen molar-refractivity contribution in [2.45, 2.75) is 67.8 Å². The normalized spacial score (nSPS) is 41.8. The molecule has 0 amide bonds. The highest BCUT2D eigenvalue weighted by atomic mass is 16.5. The number of rotatable bonds is 3. The van der Waals surface area contributed by atoms with Crippen molar-refractivity contribution in [3.8, 4) is 17.2 Å². The van der Waals surface area contributed by atoms with Crippen LogP contribution in [0.15, 0.2) is 6.07 Å². The zero-order valence-electron chi connectivity index (χ0n) is 15.6. The van der Waals surface area contributed by atoms with Gasteiger partial charge in [0.1, 0.15) is 6.10 Å². The summed E-state index contributed by atoms with van der Waals surface area (Å²) in [7, 11) is 1.52. The molecular weight excluding hydrogens is 346 g/mol. The first-order valence-electron chi connectivity index (χ1n) is 10.2. The van der Waals surface area contributed by atoms with Crippen molar-refractivity contribution in [1.82, 2.24) is 4.90 Å². The number of piperidine rings is 1. The van der Waals surface area contributed by atoms with Gasteiger partial charge in [0.25, 0.3) is 0 Å². The van der Waals surface area contributed by atoms with Crippen LogP contribution >= 0.6 is 0 Å². The predicted molar refractivity (Wildman–Crippen MR) is 97.3 cm³/mol. The number of phenolic OH excluding ortho intramolecular Hbond substituents is 1. The first-order valence-corrected chi connectivity index (χ1v) is 10.2. The molecule has 2 saturated carbocycles. The molecule has 3 aliphatic carbocycles. The van der Waals surface area contributed by atoms with Crippen LogP contribution in [0.25, 0.3) is 0 Å². The van der Waals surface area contributed by atoms with Gasteiger partial charge in [0.15, 0.2) is 11.5 Å². The molecule has 5 aliphatic rings. The Morgan fingerprint density at radius 2 is 2.11 bits per heavy atom. The quantitative estimate of drug-likeness (QED) is 0.742. The molecule has 6 nitrogen and oxygen atoms in total. The van der Waals surface area contributed by atoms with E-state index in [1.807, 2.05) is 0 Å². The van der Waals surface area contributed by atoms with Crippen LogP contribution < -0.4 is 9.47 Å². The Balaban J connectivity index is 1.58. The Bertz CT molecular complexity index is 823. The molecule has 0 aromatic heterocycles. The molecule has 2 aliphatic heterocycles. The number of ether oxygens (including phenoxy) is 2. The number of nitrogens with zero attached hydrogens (tertiary/aromatic N) is 1. The molecule has 3 N–H and O–H groups in total. The zero-order chi connectivity index (χ0) is 18.6. The average molecular weight is 373 g/mol. The van der Waals surface area contributed by atoms with E-state index in [-0.39, 0.29) is 11.8 Å². The summed E-state index contributed by atoms with van der Waals surface area (Å²) in [5, 5.41) is 33.4. The van der Waals surface area contributed by atoms with Gasteiger partial charge < -0.3 is 24.8 Å². The number of likely N-dealkylation sites (tertiary alicyclic amines) is 1. The van der Waals surface area contributed by atoms with Crippen molar-refractivity contribution >= 4 is 0 Å². The van der Waals surface area contributed by atoms with E-state index in [4.69, 9.17) is 9.47 Å². The molecule has 146 valence electrons. The number of aromatic hydroxyl groups is 1. The first-order chi connectivity index (χ1) is 13.0. The van der Waals surface area contributed by atoms with Crippen LogP contribution in [0.2, 0.25) is 0 Å². The second kappa shape index (κ2) is 5.10. The van der Waals surface area contributed by atoms with E-state index in [1.54, 1.807) is 6.07 Å². The van der Waals surface area contributed by atoms with Crippen LogP contribution in [-0.2, 0) is 11.8 Å². The summed E-state index contributed by atoms with van der Waals surface area (Å²) in [6, 6.07) is 1.80. The molecule has 2 heterocycles. The van der Waals surface area contributed by atoms with E-state index in [1.165, 1.54) is 20.0 Å². The van der Waals surface area contributed by atoms with E-state index in [0.717, 1.165) is 36.6 Å². The topological polar surface area (TPSA) is 82.4 Å². The Morgan fingerprint density at radius 1 is 1.30 bits per heavy atom. The molecule has 6 rings (SSSR count). The third-order valence-corrected chi connectivity index (χ3v) is 8.01. The fourth-order valence-corrected chi connectivity index (χ4v) is 6.70. The fourth-order valence-electron chi connectivity index (χ4n) is 6.70. The Kier molecular flexibility index (Phi) is 3.11. The number of benzene rings is 1. The highest BCUT2D eigenvalue weighted by Crippen LogP contribution is 2.66. The standard InChI is InChI=1S/C21H27NO5/c1-26-17-14(24)8-12-9-15-21(25)5-4-13(23)19-20(21,16(12)18(17)27-19)6-7-22(15)10-11-2-3-11/h8,11,13,15,19,23-25H,2-7,9-10H2,1H3. The van der Waals surface area contributed by atoms with Gasteiger partial charge in [-0.1, -0.05) is 0 Å². The monoisotopic (exact) mass is 373 g/mol. The van der Waals surface area contributed by atoms with Gasteiger partial charge in [0.05, 0.1) is 24.2 Å². The number of aliphatic hydroxyl groups excluding tert-OH is 1. The zero-order valence-corrected chi connectivity index (χ0v) is 15.6. The summed E-state index contributed by atoms with van der Waals surface area (Å²) in [4.78, 5) is 2.47. The maximum Gasteiger partial charge on any atom is 0.203 e. The highest BCUT2D eigenvalue weighted by molar-refractivity contribution is 5.67. The first kappa shape index (κ1) is 16.5. The van der Waals surface area contributed by atoms with Gasteiger partial charge >= 0.3 is 0 Å². The molecule has 27 heavy (non-hydrogen) atoms. The summed E-state index contributed by atoms with van der Waals surface area (Å²) in [5.41, 5.74) is 0.490. The van der Waals surface area contributed by atoms with E-state index < -0.39 is 23.2 Å². The second-order valence-electron chi connectivity index (χ2n) is 9.24. The van der Waals surface area contributed by atoms with Crippen molar-refractivity contribution in [2.24, 2.45) is 5.92 Å². The Labute approximate surface area is 158 Å². The fraction of sp³-hybridized carbons (Fsp3) is 0.714. The van der Waals surface area contributed by atoms with Gasteiger partial charge in [0.2, 0.25) is 5.75 Å². The van der Waals surface area contributed by atoms with Crippen LogP contribution in [0.4, 0.5) is 0 Å². The molecule has 1 spiro atoms. The number of phenols is 1.